The first kappa shape index (κ1) is 20.9. The maximum Gasteiger partial charge on any atom is 0.258 e. The van der Waals surface area contributed by atoms with Crippen molar-refractivity contribution in [1.82, 2.24) is 9.97 Å². The van der Waals surface area contributed by atoms with Gasteiger partial charge in [0.1, 0.15) is 18.0 Å². The van der Waals surface area contributed by atoms with E-state index in [4.69, 9.17) is 9.97 Å². The van der Waals surface area contributed by atoms with Crippen LogP contribution in [-0.2, 0) is 0 Å². The fourth-order valence-corrected chi connectivity index (χ4v) is 6.86. The van der Waals surface area contributed by atoms with Crippen LogP contribution in [0.1, 0.15) is 0 Å². The summed E-state index contributed by atoms with van der Waals surface area (Å²) >= 11 is 0. The number of nitrogens with zero attached hydrogens (tertiary/aromatic N) is 4. The Morgan fingerprint density at radius 3 is 1.33 bits per heavy atom. The van der Waals surface area contributed by atoms with Crippen LogP contribution in [0.15, 0.2) is 128 Å². The molecule has 0 fully saturated rings. The van der Waals surface area contributed by atoms with E-state index >= 15 is 0 Å². The van der Waals surface area contributed by atoms with Crippen LogP contribution in [0.2, 0.25) is 0 Å². The Bertz CT molecular complexity index is 1800. The molecule has 0 N–H and O–H groups in total. The summed E-state index contributed by atoms with van der Waals surface area (Å²) in [6, 6.07) is 43.4. The highest BCUT2D eigenvalue weighted by Gasteiger charge is 2.48. The predicted octanol–water partition coefficient (Wildman–Crippen LogP) is 6.21. The van der Waals surface area contributed by atoms with Crippen LogP contribution in [0.4, 0.5) is 34.4 Å². The first-order chi connectivity index (χ1) is 19.4. The summed E-state index contributed by atoms with van der Waals surface area (Å²) in [5.41, 5.74) is 13.4. The number of hydrogen-bond acceptors (Lipinski definition) is 4. The number of rotatable bonds is 2. The van der Waals surface area contributed by atoms with Crippen molar-refractivity contribution in [2.45, 2.75) is 0 Å². The summed E-state index contributed by atoms with van der Waals surface area (Å²) in [4.78, 5) is 14.6. The van der Waals surface area contributed by atoms with Gasteiger partial charge in [-0.1, -0.05) is 84.9 Å². The van der Waals surface area contributed by atoms with Crippen molar-refractivity contribution in [2.24, 2.45) is 0 Å². The number of benzene rings is 5. The fourth-order valence-electron chi connectivity index (χ4n) is 6.86. The number of aromatic nitrogens is 2. The minimum Gasteiger partial charge on any atom is -0.296 e. The highest BCUT2D eigenvalue weighted by Crippen LogP contribution is 2.46. The van der Waals surface area contributed by atoms with Crippen molar-refractivity contribution >= 4 is 57.5 Å². The van der Waals surface area contributed by atoms with Gasteiger partial charge in [-0.3, -0.25) is 9.80 Å². The Labute approximate surface area is 226 Å². The summed E-state index contributed by atoms with van der Waals surface area (Å²) in [5.74, 6) is 1.88. The average molecular weight is 496 g/mol. The summed E-state index contributed by atoms with van der Waals surface area (Å²) in [6.07, 6.45) is 1.72. The quantitative estimate of drug-likeness (QED) is 0.267. The average Bonchev–Trinajstić information content (AvgIpc) is 3.13. The molecule has 5 heteroatoms. The summed E-state index contributed by atoms with van der Waals surface area (Å²) in [7, 11) is 0. The van der Waals surface area contributed by atoms with E-state index in [0.29, 0.717) is 0 Å². The molecule has 39 heavy (non-hydrogen) atoms. The molecule has 180 valence electrons. The molecule has 0 bridgehead atoms. The zero-order chi connectivity index (χ0) is 25.5. The first-order valence-corrected chi connectivity index (χ1v) is 13.3. The van der Waals surface area contributed by atoms with E-state index < -0.39 is 0 Å². The second-order valence-corrected chi connectivity index (χ2v) is 10.2. The molecule has 0 saturated heterocycles. The van der Waals surface area contributed by atoms with Gasteiger partial charge in [-0.05, 0) is 69.6 Å². The van der Waals surface area contributed by atoms with Crippen LogP contribution in [0.25, 0.3) is 22.3 Å². The maximum atomic E-state index is 4.99. The van der Waals surface area contributed by atoms with Gasteiger partial charge < -0.3 is 0 Å². The van der Waals surface area contributed by atoms with Gasteiger partial charge in [0.2, 0.25) is 0 Å². The molecule has 3 aliphatic heterocycles. The standard InChI is InChI=1S/C34H21BN4/c1-3-11-22(12-4-1)38-28-19-9-17-26-24-15-7-8-16-25(24)27-18-10-20-29-31(27)35(30(26)28)32-33(38)36-21-37-34(32)39(29)23-13-5-2-6-14-23/h1-21H. The molecule has 9 rings (SSSR count). The number of anilines is 6. The van der Waals surface area contributed by atoms with Crippen LogP contribution in [0.3, 0.4) is 0 Å². The molecule has 6 aromatic rings. The molecule has 0 atom stereocenters. The predicted molar refractivity (Wildman–Crippen MR) is 160 cm³/mol. The molecule has 5 aromatic carbocycles. The van der Waals surface area contributed by atoms with Crippen LogP contribution < -0.4 is 26.2 Å². The van der Waals surface area contributed by atoms with Crippen molar-refractivity contribution < 1.29 is 0 Å². The van der Waals surface area contributed by atoms with Crippen molar-refractivity contribution in [3.05, 3.63) is 128 Å². The van der Waals surface area contributed by atoms with Gasteiger partial charge in [0.25, 0.3) is 6.71 Å². The van der Waals surface area contributed by atoms with Crippen LogP contribution in [0.5, 0.6) is 0 Å². The van der Waals surface area contributed by atoms with Gasteiger partial charge in [-0.25, -0.2) is 9.97 Å². The lowest BCUT2D eigenvalue weighted by atomic mass is 9.33. The minimum atomic E-state index is 0.0147. The van der Waals surface area contributed by atoms with Gasteiger partial charge in [0, 0.05) is 28.2 Å². The molecule has 1 aromatic heterocycles. The van der Waals surface area contributed by atoms with E-state index in [1.165, 1.54) is 44.6 Å². The fraction of sp³-hybridized carbons (Fsp3) is 0. The van der Waals surface area contributed by atoms with E-state index in [1.54, 1.807) is 6.33 Å². The lowest BCUT2D eigenvalue weighted by Crippen LogP contribution is -2.62. The van der Waals surface area contributed by atoms with Crippen molar-refractivity contribution in [2.75, 3.05) is 9.80 Å². The number of para-hydroxylation sites is 2. The Morgan fingerprint density at radius 2 is 0.846 bits per heavy atom. The third kappa shape index (κ3) is 2.69. The third-order valence-electron chi connectivity index (χ3n) is 8.32. The van der Waals surface area contributed by atoms with E-state index in [9.17, 15) is 0 Å². The Hall–Kier alpha value is -5.16. The second kappa shape index (κ2) is 7.68. The largest absolute Gasteiger partial charge is 0.296 e. The minimum absolute atomic E-state index is 0.0147. The molecule has 0 unspecified atom stereocenters. The molecule has 4 nitrogen and oxygen atoms in total. The van der Waals surface area contributed by atoms with E-state index in [1.807, 2.05) is 0 Å². The monoisotopic (exact) mass is 496 g/mol. The normalized spacial score (nSPS) is 13.5. The van der Waals surface area contributed by atoms with Gasteiger partial charge >= 0.3 is 0 Å². The van der Waals surface area contributed by atoms with Crippen molar-refractivity contribution in [3.8, 4) is 22.3 Å². The number of fused-ring (bicyclic) bond motifs is 3. The van der Waals surface area contributed by atoms with E-state index in [-0.39, 0.29) is 6.71 Å². The van der Waals surface area contributed by atoms with Gasteiger partial charge in [0.15, 0.2) is 0 Å². The Balaban J connectivity index is 1.49. The number of hydrogen-bond donors (Lipinski definition) is 0. The zero-order valence-corrected chi connectivity index (χ0v) is 21.0. The lowest BCUT2D eigenvalue weighted by Gasteiger charge is -2.42. The smallest absolute Gasteiger partial charge is 0.258 e. The maximum absolute atomic E-state index is 4.99. The molecule has 4 heterocycles. The van der Waals surface area contributed by atoms with Crippen LogP contribution in [-0.4, -0.2) is 16.7 Å². The van der Waals surface area contributed by atoms with E-state index in [0.717, 1.165) is 28.5 Å². The highest BCUT2D eigenvalue weighted by molar-refractivity contribution is 7.02. The first-order valence-electron chi connectivity index (χ1n) is 13.3. The summed E-state index contributed by atoms with van der Waals surface area (Å²) in [5, 5.41) is 0. The Kier molecular flexibility index (Phi) is 4.11. The van der Waals surface area contributed by atoms with Crippen LogP contribution >= 0.6 is 0 Å². The van der Waals surface area contributed by atoms with Crippen LogP contribution in [0, 0.1) is 0 Å². The van der Waals surface area contributed by atoms with E-state index in [2.05, 4.69) is 131 Å². The molecule has 0 radical (unpaired) electrons. The molecular weight excluding hydrogens is 475 g/mol. The van der Waals surface area contributed by atoms with Crippen molar-refractivity contribution in [3.63, 3.8) is 0 Å². The summed E-state index contributed by atoms with van der Waals surface area (Å²) in [6.45, 7) is 0.0147. The van der Waals surface area contributed by atoms with Gasteiger partial charge in [-0.15, -0.1) is 0 Å². The summed E-state index contributed by atoms with van der Waals surface area (Å²) < 4.78 is 0. The molecule has 0 saturated carbocycles. The lowest BCUT2D eigenvalue weighted by molar-refractivity contribution is 1.09. The molecular formula is C34H21BN4. The molecule has 0 amide bonds. The highest BCUT2D eigenvalue weighted by atomic mass is 15.3. The molecule has 0 spiro atoms. The SMILES string of the molecule is c1ccc(N2c3cccc4c3B3c5c(cccc5N(c5ccccc5)c5ncnc2c53)-c2ccccc2-4)cc1. The van der Waals surface area contributed by atoms with Gasteiger partial charge in [-0.2, -0.15) is 0 Å². The molecule has 0 aliphatic carbocycles. The van der Waals surface area contributed by atoms with Gasteiger partial charge in [0.05, 0.1) is 0 Å². The second-order valence-electron chi connectivity index (χ2n) is 10.2. The van der Waals surface area contributed by atoms with Crippen molar-refractivity contribution in [1.29, 1.82) is 0 Å². The zero-order valence-electron chi connectivity index (χ0n) is 21.0. The third-order valence-corrected chi connectivity index (χ3v) is 8.32. The molecule has 3 aliphatic rings. The topological polar surface area (TPSA) is 32.3 Å². The Morgan fingerprint density at radius 1 is 0.410 bits per heavy atom.